The lowest BCUT2D eigenvalue weighted by Crippen LogP contribution is -2.60. The predicted octanol–water partition coefficient (Wildman–Crippen LogP) is -1.53. The third-order valence-corrected chi connectivity index (χ3v) is 3.92. The number of ether oxygens (including phenoxy) is 2. The quantitative estimate of drug-likeness (QED) is 0.612. The first-order valence-electron chi connectivity index (χ1n) is 7.26. The molecule has 116 valence electrons. The minimum Gasteiger partial charge on any atom is -0.377 e. The summed E-state index contributed by atoms with van der Waals surface area (Å²) < 4.78 is 11.4. The van der Waals surface area contributed by atoms with E-state index in [1.54, 1.807) is 4.90 Å². The van der Waals surface area contributed by atoms with E-state index in [2.05, 4.69) is 15.8 Å². The van der Waals surface area contributed by atoms with Crippen molar-refractivity contribution in [2.24, 2.45) is 5.10 Å². The van der Waals surface area contributed by atoms with Crippen LogP contribution < -0.4 is 10.7 Å². The molecule has 0 aliphatic carbocycles. The number of carbonyl (C=O) groups is 2. The normalized spacial score (nSPS) is 30.6. The number of morpholine rings is 1. The number of nitrogens with one attached hydrogen (secondary N) is 2. The molecule has 2 fully saturated rings. The average molecular weight is 296 g/mol. The summed E-state index contributed by atoms with van der Waals surface area (Å²) in [4.78, 5) is 25.3. The Balaban J connectivity index is 1.67. The van der Waals surface area contributed by atoms with E-state index in [1.807, 2.05) is 0 Å². The standard InChI is InChI=1S/C13H20N4O4/c18-11-2-1-10(15-16-11)12(19)17-4-6-21-13(8-17)7-14-3-5-20-9-13/h14H,1-9H2,(H,16,18). The number of hydrazone groups is 1. The highest BCUT2D eigenvalue weighted by molar-refractivity contribution is 6.39. The van der Waals surface area contributed by atoms with Gasteiger partial charge in [0.1, 0.15) is 11.3 Å². The molecule has 8 heteroatoms. The van der Waals surface area contributed by atoms with Crippen molar-refractivity contribution in [1.29, 1.82) is 0 Å². The van der Waals surface area contributed by atoms with Gasteiger partial charge in [0.15, 0.2) is 0 Å². The number of carbonyl (C=O) groups excluding carboxylic acids is 2. The third-order valence-electron chi connectivity index (χ3n) is 3.92. The van der Waals surface area contributed by atoms with Crippen LogP contribution in [0.1, 0.15) is 12.8 Å². The molecule has 2 amide bonds. The summed E-state index contributed by atoms with van der Waals surface area (Å²) in [6, 6.07) is 0. The molecule has 3 rings (SSSR count). The van der Waals surface area contributed by atoms with Crippen LogP contribution >= 0.6 is 0 Å². The summed E-state index contributed by atoms with van der Waals surface area (Å²) in [5.41, 5.74) is 2.29. The number of rotatable bonds is 1. The van der Waals surface area contributed by atoms with Crippen LogP contribution in [0.3, 0.4) is 0 Å². The minimum atomic E-state index is -0.483. The summed E-state index contributed by atoms with van der Waals surface area (Å²) in [5, 5.41) is 7.15. The van der Waals surface area contributed by atoms with Crippen LogP contribution in [0.5, 0.6) is 0 Å². The van der Waals surface area contributed by atoms with Gasteiger partial charge in [-0.15, -0.1) is 0 Å². The van der Waals surface area contributed by atoms with Crippen molar-refractivity contribution < 1.29 is 19.1 Å². The summed E-state index contributed by atoms with van der Waals surface area (Å²) >= 11 is 0. The van der Waals surface area contributed by atoms with Crippen LogP contribution in [-0.4, -0.2) is 74.0 Å². The first kappa shape index (κ1) is 14.4. The summed E-state index contributed by atoms with van der Waals surface area (Å²) in [5.74, 6) is -0.270. The van der Waals surface area contributed by atoms with Crippen LogP contribution in [0, 0.1) is 0 Å². The molecular weight excluding hydrogens is 276 g/mol. The zero-order chi connectivity index (χ0) is 14.7. The number of hydrogen-bond acceptors (Lipinski definition) is 6. The predicted molar refractivity (Wildman–Crippen MR) is 73.8 cm³/mol. The Morgan fingerprint density at radius 1 is 1.33 bits per heavy atom. The maximum Gasteiger partial charge on any atom is 0.270 e. The molecule has 2 N–H and O–H groups in total. The van der Waals surface area contributed by atoms with Crippen molar-refractivity contribution in [3.05, 3.63) is 0 Å². The van der Waals surface area contributed by atoms with Crippen LogP contribution in [0.15, 0.2) is 5.10 Å². The van der Waals surface area contributed by atoms with E-state index in [0.717, 1.165) is 6.54 Å². The smallest absolute Gasteiger partial charge is 0.270 e. The first-order chi connectivity index (χ1) is 10.2. The van der Waals surface area contributed by atoms with Crippen LogP contribution in [0.2, 0.25) is 0 Å². The Bertz CT molecular complexity index is 457. The fourth-order valence-electron chi connectivity index (χ4n) is 2.79. The van der Waals surface area contributed by atoms with Crippen LogP contribution in [0.25, 0.3) is 0 Å². The van der Waals surface area contributed by atoms with Crippen LogP contribution in [-0.2, 0) is 19.1 Å². The lowest BCUT2D eigenvalue weighted by Gasteiger charge is -2.41. The van der Waals surface area contributed by atoms with Crippen molar-refractivity contribution >= 4 is 17.5 Å². The second-order valence-corrected chi connectivity index (χ2v) is 5.58. The Morgan fingerprint density at radius 2 is 2.24 bits per heavy atom. The molecule has 0 aromatic carbocycles. The topological polar surface area (TPSA) is 92.3 Å². The van der Waals surface area contributed by atoms with Crippen molar-refractivity contribution in [3.8, 4) is 0 Å². The summed E-state index contributed by atoms with van der Waals surface area (Å²) in [7, 11) is 0. The van der Waals surface area contributed by atoms with Gasteiger partial charge in [-0.05, 0) is 0 Å². The van der Waals surface area contributed by atoms with Gasteiger partial charge in [-0.2, -0.15) is 5.10 Å². The number of amides is 2. The second kappa shape index (κ2) is 6.08. The lowest BCUT2D eigenvalue weighted by atomic mass is 10.0. The third kappa shape index (κ3) is 3.22. The zero-order valence-corrected chi connectivity index (χ0v) is 11.9. The Morgan fingerprint density at radius 3 is 3.05 bits per heavy atom. The van der Waals surface area contributed by atoms with E-state index < -0.39 is 5.60 Å². The maximum absolute atomic E-state index is 12.5. The van der Waals surface area contributed by atoms with Gasteiger partial charge in [-0.25, -0.2) is 5.43 Å². The van der Waals surface area contributed by atoms with Gasteiger partial charge in [-0.3, -0.25) is 9.59 Å². The van der Waals surface area contributed by atoms with Gasteiger partial charge in [0, 0.05) is 32.5 Å². The van der Waals surface area contributed by atoms with E-state index in [4.69, 9.17) is 9.47 Å². The fourth-order valence-corrected chi connectivity index (χ4v) is 2.79. The molecule has 1 unspecified atom stereocenters. The van der Waals surface area contributed by atoms with Crippen molar-refractivity contribution in [1.82, 2.24) is 15.6 Å². The largest absolute Gasteiger partial charge is 0.377 e. The van der Waals surface area contributed by atoms with Gasteiger partial charge >= 0.3 is 0 Å². The molecule has 3 aliphatic rings. The molecule has 8 nitrogen and oxygen atoms in total. The molecule has 0 aromatic heterocycles. The second-order valence-electron chi connectivity index (χ2n) is 5.58. The van der Waals surface area contributed by atoms with Gasteiger partial charge < -0.3 is 19.7 Å². The molecule has 0 saturated carbocycles. The Labute approximate surface area is 122 Å². The van der Waals surface area contributed by atoms with Crippen LogP contribution in [0.4, 0.5) is 0 Å². The van der Waals surface area contributed by atoms with E-state index in [1.165, 1.54) is 0 Å². The van der Waals surface area contributed by atoms with E-state index >= 15 is 0 Å². The van der Waals surface area contributed by atoms with Crippen molar-refractivity contribution in [3.63, 3.8) is 0 Å². The molecule has 21 heavy (non-hydrogen) atoms. The van der Waals surface area contributed by atoms with E-state index in [0.29, 0.717) is 58.0 Å². The molecule has 1 atom stereocenters. The zero-order valence-electron chi connectivity index (χ0n) is 11.9. The highest BCUT2D eigenvalue weighted by atomic mass is 16.5. The number of hydrogen-bond donors (Lipinski definition) is 2. The molecule has 3 aliphatic heterocycles. The lowest BCUT2D eigenvalue weighted by molar-refractivity contribution is -0.153. The Hall–Kier alpha value is -1.51. The van der Waals surface area contributed by atoms with Crippen molar-refractivity contribution in [2.45, 2.75) is 18.4 Å². The van der Waals surface area contributed by atoms with E-state index in [9.17, 15) is 9.59 Å². The van der Waals surface area contributed by atoms with Gasteiger partial charge in [0.2, 0.25) is 5.91 Å². The minimum absolute atomic E-state index is 0.123. The molecule has 2 saturated heterocycles. The number of nitrogens with zero attached hydrogens (tertiary/aromatic N) is 2. The monoisotopic (exact) mass is 296 g/mol. The first-order valence-corrected chi connectivity index (χ1v) is 7.26. The maximum atomic E-state index is 12.5. The summed E-state index contributed by atoms with van der Waals surface area (Å²) in [6.45, 7) is 4.08. The highest BCUT2D eigenvalue weighted by Gasteiger charge is 2.40. The van der Waals surface area contributed by atoms with Crippen molar-refractivity contribution in [2.75, 3.05) is 46.0 Å². The summed E-state index contributed by atoms with van der Waals surface area (Å²) in [6.07, 6.45) is 0.703. The fraction of sp³-hybridized carbons (Fsp3) is 0.769. The van der Waals surface area contributed by atoms with Gasteiger partial charge in [0.05, 0.1) is 26.4 Å². The van der Waals surface area contributed by atoms with E-state index in [-0.39, 0.29) is 11.8 Å². The molecule has 0 aromatic rings. The molecule has 1 spiro atoms. The molecule has 3 heterocycles. The molecular formula is C13H20N4O4. The van der Waals surface area contributed by atoms with Gasteiger partial charge in [-0.1, -0.05) is 0 Å². The molecule has 0 radical (unpaired) electrons. The molecule has 0 bridgehead atoms. The SMILES string of the molecule is O=C1CCC(C(=O)N2CCOC3(CNCCOC3)C2)=NN1. The highest BCUT2D eigenvalue weighted by Crippen LogP contribution is 2.20. The van der Waals surface area contributed by atoms with Gasteiger partial charge in [0.25, 0.3) is 5.91 Å². The average Bonchev–Trinajstić information content (AvgIpc) is 2.73. The Kier molecular flexibility index (Phi) is 4.18.